The molecular formula is C11H14ClN5O2S. The Morgan fingerprint density at radius 3 is 2.70 bits per heavy atom. The van der Waals surface area contributed by atoms with Gasteiger partial charge >= 0.3 is 0 Å². The average molecular weight is 316 g/mol. The van der Waals surface area contributed by atoms with Crippen molar-refractivity contribution in [2.75, 3.05) is 12.4 Å². The first-order chi connectivity index (χ1) is 9.44. The van der Waals surface area contributed by atoms with Gasteiger partial charge in [-0.25, -0.2) is 18.1 Å². The molecule has 0 radical (unpaired) electrons. The first kappa shape index (κ1) is 14.8. The molecule has 0 aliphatic carbocycles. The van der Waals surface area contributed by atoms with Crippen LogP contribution in [0.5, 0.6) is 0 Å². The molecule has 0 aromatic carbocycles. The fourth-order valence-electron chi connectivity index (χ4n) is 1.62. The van der Waals surface area contributed by atoms with E-state index in [9.17, 15) is 8.42 Å². The van der Waals surface area contributed by atoms with E-state index in [4.69, 9.17) is 11.6 Å². The summed E-state index contributed by atoms with van der Waals surface area (Å²) >= 11 is 5.94. The Morgan fingerprint density at radius 2 is 2.15 bits per heavy atom. The minimum absolute atomic E-state index is 0.0110. The molecule has 0 saturated heterocycles. The highest BCUT2D eigenvalue weighted by atomic mass is 35.5. The molecule has 1 atom stereocenters. The van der Waals surface area contributed by atoms with Gasteiger partial charge in [-0.15, -0.1) is 0 Å². The van der Waals surface area contributed by atoms with Crippen LogP contribution in [0.4, 0.5) is 5.82 Å². The molecule has 0 saturated carbocycles. The predicted molar refractivity (Wildman–Crippen MR) is 76.1 cm³/mol. The summed E-state index contributed by atoms with van der Waals surface area (Å²) in [6, 6.07) is 0.937. The van der Waals surface area contributed by atoms with Crippen LogP contribution >= 0.6 is 11.6 Å². The Morgan fingerprint density at radius 1 is 1.40 bits per heavy atom. The Hall–Kier alpha value is -1.64. The lowest BCUT2D eigenvalue weighted by atomic mass is 10.2. The van der Waals surface area contributed by atoms with Crippen LogP contribution < -0.4 is 10.0 Å². The largest absolute Gasteiger partial charge is 0.372 e. The van der Waals surface area contributed by atoms with Crippen molar-refractivity contribution >= 4 is 27.4 Å². The number of aromatic amines is 1. The van der Waals surface area contributed by atoms with Gasteiger partial charge in [-0.05, 0) is 13.0 Å². The monoisotopic (exact) mass is 315 g/mol. The fourth-order valence-corrected chi connectivity index (χ4v) is 3.15. The van der Waals surface area contributed by atoms with Crippen LogP contribution in [0.2, 0.25) is 5.02 Å². The number of nitrogens with one attached hydrogen (secondary N) is 3. The minimum atomic E-state index is -3.70. The summed E-state index contributed by atoms with van der Waals surface area (Å²) in [7, 11) is -2.05. The zero-order chi connectivity index (χ0) is 14.8. The number of hydrogen-bond acceptors (Lipinski definition) is 5. The van der Waals surface area contributed by atoms with Gasteiger partial charge in [-0.3, -0.25) is 5.10 Å². The number of halogens is 1. The van der Waals surface area contributed by atoms with Gasteiger partial charge in [-0.1, -0.05) is 11.6 Å². The molecule has 9 heteroatoms. The van der Waals surface area contributed by atoms with Crippen molar-refractivity contribution in [1.29, 1.82) is 0 Å². The van der Waals surface area contributed by atoms with Crippen molar-refractivity contribution in [1.82, 2.24) is 19.9 Å². The summed E-state index contributed by atoms with van der Waals surface area (Å²) in [5, 5.41) is 9.42. The van der Waals surface area contributed by atoms with Crippen LogP contribution in [0.3, 0.4) is 0 Å². The van der Waals surface area contributed by atoms with Crippen LogP contribution in [-0.2, 0) is 10.0 Å². The van der Waals surface area contributed by atoms with Crippen LogP contribution in [-0.4, -0.2) is 30.6 Å². The Balaban J connectivity index is 2.24. The number of rotatable bonds is 5. The van der Waals surface area contributed by atoms with Crippen LogP contribution in [0.25, 0.3) is 0 Å². The molecule has 0 bridgehead atoms. The summed E-state index contributed by atoms with van der Waals surface area (Å²) in [5.74, 6) is 0.425. The van der Waals surface area contributed by atoms with Gasteiger partial charge in [0.05, 0.1) is 11.2 Å². The molecule has 0 spiro atoms. The second-order valence-corrected chi connectivity index (χ2v) is 6.25. The number of aromatic nitrogens is 3. The second kappa shape index (κ2) is 5.78. The molecule has 0 aliphatic heterocycles. The van der Waals surface area contributed by atoms with Gasteiger partial charge in [-0.2, -0.15) is 5.10 Å². The number of hydrogen-bond donors (Lipinski definition) is 3. The Bertz CT molecular complexity index is 687. The molecule has 0 amide bonds. The molecule has 0 aliphatic rings. The quantitative estimate of drug-likeness (QED) is 0.777. The van der Waals surface area contributed by atoms with E-state index in [1.54, 1.807) is 26.4 Å². The van der Waals surface area contributed by atoms with E-state index in [0.717, 1.165) is 5.56 Å². The first-order valence-electron chi connectivity index (χ1n) is 5.78. The van der Waals surface area contributed by atoms with Gasteiger partial charge in [0, 0.05) is 31.0 Å². The van der Waals surface area contributed by atoms with Crippen molar-refractivity contribution in [2.24, 2.45) is 0 Å². The number of anilines is 1. The van der Waals surface area contributed by atoms with Gasteiger partial charge < -0.3 is 5.32 Å². The lowest BCUT2D eigenvalue weighted by Crippen LogP contribution is -2.26. The molecule has 2 rings (SSSR count). The first-order valence-corrected chi connectivity index (χ1v) is 7.64. The molecule has 0 fully saturated rings. The average Bonchev–Trinajstić information content (AvgIpc) is 2.92. The van der Waals surface area contributed by atoms with Crippen LogP contribution in [0.15, 0.2) is 29.6 Å². The van der Waals surface area contributed by atoms with Crippen molar-refractivity contribution in [3.8, 4) is 0 Å². The van der Waals surface area contributed by atoms with Crippen LogP contribution in [0.1, 0.15) is 18.5 Å². The summed E-state index contributed by atoms with van der Waals surface area (Å²) < 4.78 is 27.0. The maximum Gasteiger partial charge on any atom is 0.242 e. The smallest absolute Gasteiger partial charge is 0.242 e. The zero-order valence-corrected chi connectivity index (χ0v) is 12.5. The van der Waals surface area contributed by atoms with Crippen molar-refractivity contribution in [2.45, 2.75) is 17.9 Å². The van der Waals surface area contributed by atoms with Gasteiger partial charge in [0.25, 0.3) is 0 Å². The predicted octanol–water partition coefficient (Wildman–Crippen LogP) is 1.54. The topological polar surface area (TPSA) is 99.8 Å². The molecule has 2 heterocycles. The zero-order valence-electron chi connectivity index (χ0n) is 10.9. The van der Waals surface area contributed by atoms with Crippen molar-refractivity contribution in [3.63, 3.8) is 0 Å². The summed E-state index contributed by atoms with van der Waals surface area (Å²) in [5.41, 5.74) is 0.736. The van der Waals surface area contributed by atoms with E-state index < -0.39 is 16.1 Å². The second-order valence-electron chi connectivity index (χ2n) is 4.13. The highest BCUT2D eigenvalue weighted by molar-refractivity contribution is 7.89. The van der Waals surface area contributed by atoms with E-state index in [0.29, 0.717) is 5.82 Å². The number of sulfonamides is 1. The van der Waals surface area contributed by atoms with Crippen molar-refractivity contribution in [3.05, 3.63) is 35.2 Å². The Labute approximate surface area is 121 Å². The molecular weight excluding hydrogens is 302 g/mol. The standard InChI is InChI=1S/C11H14ClN5O2S/c1-7(8-4-15-16-5-8)17-20(18,19)9-3-10(12)11(13-2)14-6-9/h3-7,17H,1-2H3,(H,13,14)(H,15,16). The van der Waals surface area contributed by atoms with Gasteiger partial charge in [0.1, 0.15) is 10.7 Å². The minimum Gasteiger partial charge on any atom is -0.372 e. The third-order valence-corrected chi connectivity index (χ3v) is 4.51. The summed E-state index contributed by atoms with van der Waals surface area (Å²) in [6.45, 7) is 1.72. The van der Waals surface area contributed by atoms with Gasteiger partial charge in [0.15, 0.2) is 0 Å². The maximum atomic E-state index is 12.2. The summed E-state index contributed by atoms with van der Waals surface area (Å²) in [4.78, 5) is 3.96. The third kappa shape index (κ3) is 3.09. The molecule has 108 valence electrons. The number of H-pyrrole nitrogens is 1. The Kier molecular flexibility index (Phi) is 4.26. The van der Waals surface area contributed by atoms with Crippen molar-refractivity contribution < 1.29 is 8.42 Å². The number of nitrogens with zero attached hydrogens (tertiary/aromatic N) is 2. The third-order valence-electron chi connectivity index (χ3n) is 2.71. The highest BCUT2D eigenvalue weighted by Gasteiger charge is 2.20. The van der Waals surface area contributed by atoms with Crippen LogP contribution in [0, 0.1) is 0 Å². The number of pyridine rings is 1. The fraction of sp³-hybridized carbons (Fsp3) is 0.273. The van der Waals surface area contributed by atoms with E-state index >= 15 is 0 Å². The SMILES string of the molecule is CNc1ncc(S(=O)(=O)NC(C)c2cn[nH]c2)cc1Cl. The lowest BCUT2D eigenvalue weighted by molar-refractivity contribution is 0.566. The molecule has 2 aromatic rings. The molecule has 7 nitrogen and oxygen atoms in total. The molecule has 1 unspecified atom stereocenters. The molecule has 3 N–H and O–H groups in total. The highest BCUT2D eigenvalue weighted by Crippen LogP contribution is 2.23. The molecule has 2 aromatic heterocycles. The molecule has 20 heavy (non-hydrogen) atoms. The maximum absolute atomic E-state index is 12.2. The summed E-state index contributed by atoms with van der Waals surface area (Å²) in [6.07, 6.45) is 4.44. The van der Waals surface area contributed by atoms with E-state index in [1.165, 1.54) is 12.3 Å². The lowest BCUT2D eigenvalue weighted by Gasteiger charge is -2.13. The van der Waals surface area contributed by atoms with E-state index in [-0.39, 0.29) is 9.92 Å². The van der Waals surface area contributed by atoms with E-state index in [2.05, 4.69) is 25.2 Å². The normalized spacial score (nSPS) is 13.2. The van der Waals surface area contributed by atoms with E-state index in [1.807, 2.05) is 0 Å². The van der Waals surface area contributed by atoms with Gasteiger partial charge in [0.2, 0.25) is 10.0 Å².